The van der Waals surface area contributed by atoms with Gasteiger partial charge in [-0.1, -0.05) is 6.07 Å². The highest BCUT2D eigenvalue weighted by Gasteiger charge is 2.09. The molecule has 3 aromatic rings. The van der Waals surface area contributed by atoms with Crippen molar-refractivity contribution in [2.75, 3.05) is 12.8 Å². The van der Waals surface area contributed by atoms with Crippen molar-refractivity contribution in [2.24, 2.45) is 0 Å². The molecule has 2 aromatic heterocycles. The Bertz CT molecular complexity index is 725. The third-order valence-electron chi connectivity index (χ3n) is 2.70. The van der Waals surface area contributed by atoms with Crippen molar-refractivity contribution in [1.82, 2.24) is 14.6 Å². The zero-order valence-electron chi connectivity index (χ0n) is 10.3. The molecule has 0 spiro atoms. The molecule has 0 aliphatic heterocycles. The maximum absolute atomic E-state index is 6.00. The molecule has 1 aromatic carbocycles. The summed E-state index contributed by atoms with van der Waals surface area (Å²) in [6.07, 6.45) is 1.93. The Morgan fingerprint density at radius 3 is 2.89 bits per heavy atom. The molecule has 96 valence electrons. The number of ether oxygens (including phenoxy) is 1. The number of rotatable bonds is 3. The van der Waals surface area contributed by atoms with E-state index in [0.717, 1.165) is 21.4 Å². The molecule has 0 saturated heterocycles. The molecule has 0 amide bonds. The van der Waals surface area contributed by atoms with Crippen LogP contribution in [0.4, 0.5) is 5.69 Å². The van der Waals surface area contributed by atoms with Crippen molar-refractivity contribution < 1.29 is 4.74 Å². The summed E-state index contributed by atoms with van der Waals surface area (Å²) in [6, 6.07) is 11.4. The number of pyridine rings is 1. The average Bonchev–Trinajstić information content (AvgIpc) is 2.84. The number of nitrogens with zero attached hydrogens (tertiary/aromatic N) is 3. The number of nitrogen functional groups attached to an aromatic ring is 1. The summed E-state index contributed by atoms with van der Waals surface area (Å²) in [5, 5.41) is 9.05. The lowest BCUT2D eigenvalue weighted by atomic mass is 10.3. The van der Waals surface area contributed by atoms with Crippen molar-refractivity contribution in [3.63, 3.8) is 0 Å². The Morgan fingerprint density at radius 2 is 2.11 bits per heavy atom. The van der Waals surface area contributed by atoms with Gasteiger partial charge in [-0.3, -0.25) is 4.40 Å². The Hall–Kier alpha value is -2.21. The van der Waals surface area contributed by atoms with Gasteiger partial charge in [-0.15, -0.1) is 10.2 Å². The molecule has 2 N–H and O–H groups in total. The number of nitrogens with two attached hydrogens (primary N) is 1. The zero-order chi connectivity index (χ0) is 13.2. The molecule has 0 bridgehead atoms. The summed E-state index contributed by atoms with van der Waals surface area (Å²) in [7, 11) is 1.62. The average molecular weight is 272 g/mol. The molecule has 0 unspecified atom stereocenters. The monoisotopic (exact) mass is 272 g/mol. The van der Waals surface area contributed by atoms with Gasteiger partial charge in [-0.25, -0.2) is 0 Å². The van der Waals surface area contributed by atoms with Crippen molar-refractivity contribution in [2.45, 2.75) is 10.1 Å². The molecular formula is C13H12N4OS. The van der Waals surface area contributed by atoms with Crippen LogP contribution in [0.25, 0.3) is 5.65 Å². The molecule has 0 saturated carbocycles. The predicted molar refractivity (Wildman–Crippen MR) is 74.5 cm³/mol. The van der Waals surface area contributed by atoms with Crippen molar-refractivity contribution in [3.8, 4) is 5.75 Å². The maximum Gasteiger partial charge on any atom is 0.200 e. The Kier molecular flexibility index (Phi) is 3.00. The Morgan fingerprint density at radius 1 is 1.21 bits per heavy atom. The highest BCUT2D eigenvalue weighted by Crippen LogP contribution is 2.33. The lowest BCUT2D eigenvalue weighted by Crippen LogP contribution is -1.92. The minimum Gasteiger partial charge on any atom is -0.497 e. The third kappa shape index (κ3) is 2.22. The minimum atomic E-state index is 0.664. The van der Waals surface area contributed by atoms with Gasteiger partial charge in [-0.05, 0) is 36.0 Å². The zero-order valence-corrected chi connectivity index (χ0v) is 11.1. The normalized spacial score (nSPS) is 10.8. The van der Waals surface area contributed by atoms with Crippen molar-refractivity contribution >= 4 is 23.1 Å². The van der Waals surface area contributed by atoms with Crippen LogP contribution < -0.4 is 10.5 Å². The number of hydrogen-bond acceptors (Lipinski definition) is 5. The third-order valence-corrected chi connectivity index (χ3v) is 3.75. The molecule has 0 radical (unpaired) electrons. The molecule has 19 heavy (non-hydrogen) atoms. The lowest BCUT2D eigenvalue weighted by molar-refractivity contribution is 0.415. The number of fused-ring (bicyclic) bond motifs is 1. The van der Waals surface area contributed by atoms with Crippen LogP contribution in [0.2, 0.25) is 0 Å². The summed E-state index contributed by atoms with van der Waals surface area (Å²) in [5.74, 6) is 0.743. The fraction of sp³-hybridized carbons (Fsp3) is 0.0769. The van der Waals surface area contributed by atoms with E-state index in [2.05, 4.69) is 10.2 Å². The second-order valence-corrected chi connectivity index (χ2v) is 4.93. The van der Waals surface area contributed by atoms with Gasteiger partial charge >= 0.3 is 0 Å². The van der Waals surface area contributed by atoms with Crippen LogP contribution in [-0.4, -0.2) is 21.7 Å². The van der Waals surface area contributed by atoms with Gasteiger partial charge in [0, 0.05) is 22.8 Å². The molecule has 0 fully saturated rings. The smallest absolute Gasteiger partial charge is 0.200 e. The molecule has 0 aliphatic rings. The summed E-state index contributed by atoms with van der Waals surface area (Å²) in [5.41, 5.74) is 7.48. The van der Waals surface area contributed by atoms with Crippen LogP contribution in [0.15, 0.2) is 52.6 Å². The van der Waals surface area contributed by atoms with E-state index in [9.17, 15) is 0 Å². The van der Waals surface area contributed by atoms with Gasteiger partial charge in [0.1, 0.15) is 5.75 Å². The van der Waals surface area contributed by atoms with Gasteiger partial charge in [-0.2, -0.15) is 0 Å². The van der Waals surface area contributed by atoms with Crippen molar-refractivity contribution in [1.29, 1.82) is 0 Å². The van der Waals surface area contributed by atoms with Gasteiger partial charge in [0.05, 0.1) is 7.11 Å². The van der Waals surface area contributed by atoms with Crippen LogP contribution in [0, 0.1) is 0 Å². The minimum absolute atomic E-state index is 0.664. The van der Waals surface area contributed by atoms with E-state index < -0.39 is 0 Å². The number of hydrogen-bond donors (Lipinski definition) is 1. The fourth-order valence-electron chi connectivity index (χ4n) is 1.73. The highest BCUT2D eigenvalue weighted by molar-refractivity contribution is 7.99. The van der Waals surface area contributed by atoms with E-state index in [4.69, 9.17) is 10.5 Å². The number of anilines is 1. The SMILES string of the molecule is COc1ccc(Sc2nnc3ccccn23)c(N)c1. The number of benzene rings is 1. The summed E-state index contributed by atoms with van der Waals surface area (Å²) >= 11 is 1.48. The first-order valence-corrected chi connectivity index (χ1v) is 6.51. The maximum atomic E-state index is 6.00. The molecule has 2 heterocycles. The Labute approximate surface area is 114 Å². The number of aromatic nitrogens is 3. The first-order valence-electron chi connectivity index (χ1n) is 5.69. The van der Waals surface area contributed by atoms with Gasteiger partial charge in [0.25, 0.3) is 0 Å². The first kappa shape index (κ1) is 11.9. The second-order valence-electron chi connectivity index (χ2n) is 3.92. The van der Waals surface area contributed by atoms with Gasteiger partial charge in [0.15, 0.2) is 10.8 Å². The van der Waals surface area contributed by atoms with E-state index in [-0.39, 0.29) is 0 Å². The first-order chi connectivity index (χ1) is 9.28. The van der Waals surface area contributed by atoms with Gasteiger partial charge < -0.3 is 10.5 Å². The van der Waals surface area contributed by atoms with Crippen molar-refractivity contribution in [3.05, 3.63) is 42.6 Å². The summed E-state index contributed by atoms with van der Waals surface area (Å²) in [6.45, 7) is 0. The molecule has 0 atom stereocenters. The van der Waals surface area contributed by atoms with E-state index >= 15 is 0 Å². The summed E-state index contributed by atoms with van der Waals surface area (Å²) in [4.78, 5) is 0.930. The van der Waals surface area contributed by atoms with E-state index in [1.807, 2.05) is 40.9 Å². The van der Waals surface area contributed by atoms with E-state index in [0.29, 0.717) is 5.69 Å². The lowest BCUT2D eigenvalue weighted by Gasteiger charge is -2.06. The molecule has 3 rings (SSSR count). The van der Waals surface area contributed by atoms with E-state index in [1.54, 1.807) is 13.2 Å². The molecule has 6 heteroatoms. The largest absolute Gasteiger partial charge is 0.497 e. The van der Waals surface area contributed by atoms with Gasteiger partial charge in [0.2, 0.25) is 0 Å². The Balaban J connectivity index is 1.97. The van der Waals surface area contributed by atoms with Crippen LogP contribution in [0.1, 0.15) is 0 Å². The topological polar surface area (TPSA) is 65.4 Å². The molecule has 5 nitrogen and oxygen atoms in total. The number of methoxy groups -OCH3 is 1. The quantitative estimate of drug-likeness (QED) is 0.742. The van der Waals surface area contributed by atoms with Crippen LogP contribution in [-0.2, 0) is 0 Å². The van der Waals surface area contributed by atoms with E-state index in [1.165, 1.54) is 11.8 Å². The molecule has 0 aliphatic carbocycles. The highest BCUT2D eigenvalue weighted by atomic mass is 32.2. The fourth-order valence-corrected chi connectivity index (χ4v) is 2.58. The summed E-state index contributed by atoms with van der Waals surface area (Å²) < 4.78 is 7.06. The van der Waals surface area contributed by atoms with Crippen LogP contribution >= 0.6 is 11.8 Å². The van der Waals surface area contributed by atoms with Crippen LogP contribution in [0.3, 0.4) is 0 Å². The molecular weight excluding hydrogens is 260 g/mol. The standard InChI is InChI=1S/C13H12N4OS/c1-18-9-5-6-11(10(14)8-9)19-13-16-15-12-4-2-3-7-17(12)13/h2-8H,14H2,1H3. The predicted octanol–water partition coefficient (Wildman–Crippen LogP) is 2.47. The second kappa shape index (κ2) is 4.81. The van der Waals surface area contributed by atoms with Crippen LogP contribution in [0.5, 0.6) is 5.75 Å².